The zero-order chi connectivity index (χ0) is 13.9. The van der Waals surface area contributed by atoms with Crippen molar-refractivity contribution in [3.63, 3.8) is 0 Å². The second-order valence-electron chi connectivity index (χ2n) is 3.92. The number of ether oxygens (including phenoxy) is 1. The molecule has 8 heteroatoms. The lowest BCUT2D eigenvalue weighted by atomic mass is 10.2. The fraction of sp³-hybridized carbons (Fsp3) is 0.250. The van der Waals surface area contributed by atoms with Gasteiger partial charge >= 0.3 is 5.97 Å². The van der Waals surface area contributed by atoms with E-state index in [0.29, 0.717) is 17.4 Å². The SMILES string of the molecule is CCOC(=O)CSc1nc2ccccc2c2nnnn12. The number of aromatic nitrogens is 5. The molecule has 0 N–H and O–H groups in total. The van der Waals surface area contributed by atoms with Gasteiger partial charge in [0, 0.05) is 5.39 Å². The Morgan fingerprint density at radius 2 is 2.25 bits per heavy atom. The van der Waals surface area contributed by atoms with Gasteiger partial charge in [0.05, 0.1) is 17.9 Å². The van der Waals surface area contributed by atoms with Crippen LogP contribution in [-0.2, 0) is 9.53 Å². The number of carbonyl (C=O) groups is 1. The number of tetrazole rings is 1. The highest BCUT2D eigenvalue weighted by molar-refractivity contribution is 7.99. The standard InChI is InChI=1S/C12H11N5O2S/c1-2-19-10(18)7-20-12-13-9-6-4-3-5-8(9)11-14-15-16-17(11)12/h3-6H,2,7H2,1H3. The molecule has 0 saturated heterocycles. The molecule has 7 nitrogen and oxygen atoms in total. The third-order valence-corrected chi connectivity index (χ3v) is 3.54. The first-order valence-electron chi connectivity index (χ1n) is 6.05. The summed E-state index contributed by atoms with van der Waals surface area (Å²) in [5.74, 6) is -0.109. The van der Waals surface area contributed by atoms with Crippen LogP contribution < -0.4 is 0 Å². The van der Waals surface area contributed by atoms with Gasteiger partial charge in [0.1, 0.15) is 0 Å². The van der Waals surface area contributed by atoms with Crippen LogP contribution in [0.5, 0.6) is 0 Å². The van der Waals surface area contributed by atoms with E-state index in [1.54, 1.807) is 6.92 Å². The van der Waals surface area contributed by atoms with Gasteiger partial charge in [-0.05, 0) is 29.5 Å². The average molecular weight is 289 g/mol. The van der Waals surface area contributed by atoms with E-state index >= 15 is 0 Å². The van der Waals surface area contributed by atoms with Gasteiger partial charge < -0.3 is 4.74 Å². The number of carbonyl (C=O) groups excluding carboxylic acids is 1. The predicted molar refractivity (Wildman–Crippen MR) is 73.4 cm³/mol. The molecule has 0 aliphatic heterocycles. The molecule has 0 unspecified atom stereocenters. The van der Waals surface area contributed by atoms with E-state index < -0.39 is 0 Å². The Bertz CT molecular complexity index is 773. The second kappa shape index (κ2) is 5.41. The zero-order valence-electron chi connectivity index (χ0n) is 10.7. The summed E-state index contributed by atoms with van der Waals surface area (Å²) in [4.78, 5) is 15.9. The molecule has 0 radical (unpaired) electrons. The van der Waals surface area contributed by atoms with Gasteiger partial charge in [-0.15, -0.1) is 5.10 Å². The van der Waals surface area contributed by atoms with Crippen LogP contribution in [0.3, 0.4) is 0 Å². The molecular formula is C12H11N5O2S. The van der Waals surface area contributed by atoms with E-state index in [1.165, 1.54) is 16.3 Å². The van der Waals surface area contributed by atoms with Crippen molar-refractivity contribution in [1.82, 2.24) is 25.0 Å². The van der Waals surface area contributed by atoms with Gasteiger partial charge in [-0.25, -0.2) is 4.98 Å². The maximum Gasteiger partial charge on any atom is 0.316 e. The van der Waals surface area contributed by atoms with E-state index in [-0.39, 0.29) is 11.7 Å². The zero-order valence-corrected chi connectivity index (χ0v) is 11.5. The minimum Gasteiger partial charge on any atom is -0.465 e. The Kier molecular flexibility index (Phi) is 3.46. The molecule has 0 fully saturated rings. The van der Waals surface area contributed by atoms with Crippen molar-refractivity contribution >= 4 is 34.3 Å². The summed E-state index contributed by atoms with van der Waals surface area (Å²) in [7, 11) is 0. The Morgan fingerprint density at radius 3 is 3.10 bits per heavy atom. The largest absolute Gasteiger partial charge is 0.465 e. The summed E-state index contributed by atoms with van der Waals surface area (Å²) in [5, 5.41) is 13.0. The molecule has 102 valence electrons. The number of esters is 1. The van der Waals surface area contributed by atoms with Crippen molar-refractivity contribution in [2.45, 2.75) is 12.1 Å². The number of benzene rings is 1. The molecule has 0 atom stereocenters. The van der Waals surface area contributed by atoms with Crippen molar-refractivity contribution in [3.05, 3.63) is 24.3 Å². The lowest BCUT2D eigenvalue weighted by molar-refractivity contribution is -0.139. The molecule has 0 aliphatic rings. The maximum atomic E-state index is 11.4. The first-order valence-corrected chi connectivity index (χ1v) is 7.03. The maximum absolute atomic E-state index is 11.4. The summed E-state index contributed by atoms with van der Waals surface area (Å²) >= 11 is 1.25. The fourth-order valence-electron chi connectivity index (χ4n) is 1.81. The Morgan fingerprint density at radius 1 is 1.40 bits per heavy atom. The third-order valence-electron chi connectivity index (χ3n) is 2.64. The normalized spacial score (nSPS) is 11.1. The van der Waals surface area contributed by atoms with Crippen LogP contribution in [0.25, 0.3) is 16.6 Å². The highest BCUT2D eigenvalue weighted by atomic mass is 32.2. The van der Waals surface area contributed by atoms with Crippen LogP contribution in [0.1, 0.15) is 6.92 Å². The predicted octanol–water partition coefficient (Wildman–Crippen LogP) is 1.33. The molecule has 0 spiro atoms. The van der Waals surface area contributed by atoms with E-state index in [9.17, 15) is 4.79 Å². The third kappa shape index (κ3) is 2.29. The fourth-order valence-corrected chi connectivity index (χ4v) is 2.55. The van der Waals surface area contributed by atoms with Gasteiger partial charge in [0.2, 0.25) is 0 Å². The van der Waals surface area contributed by atoms with Crippen LogP contribution in [0, 0.1) is 0 Å². The number of rotatable bonds is 4. The molecule has 0 aliphatic carbocycles. The molecular weight excluding hydrogens is 278 g/mol. The van der Waals surface area contributed by atoms with Gasteiger partial charge in [0.15, 0.2) is 10.8 Å². The van der Waals surface area contributed by atoms with Crippen LogP contribution >= 0.6 is 11.8 Å². The summed E-state index contributed by atoms with van der Waals surface area (Å²) in [5.41, 5.74) is 1.42. The molecule has 2 aromatic heterocycles. The van der Waals surface area contributed by atoms with Crippen molar-refractivity contribution in [3.8, 4) is 0 Å². The number of para-hydroxylation sites is 1. The minimum absolute atomic E-state index is 0.175. The van der Waals surface area contributed by atoms with Crippen molar-refractivity contribution < 1.29 is 9.53 Å². The topological polar surface area (TPSA) is 82.3 Å². The quantitative estimate of drug-likeness (QED) is 0.407. The molecule has 0 amide bonds. The minimum atomic E-state index is -0.284. The lowest BCUT2D eigenvalue weighted by Gasteiger charge is -2.05. The van der Waals surface area contributed by atoms with Crippen LogP contribution in [0.15, 0.2) is 29.4 Å². The van der Waals surface area contributed by atoms with Crippen molar-refractivity contribution in [1.29, 1.82) is 0 Å². The molecule has 2 heterocycles. The Balaban J connectivity index is 2.00. The van der Waals surface area contributed by atoms with Gasteiger partial charge in [0.25, 0.3) is 0 Å². The van der Waals surface area contributed by atoms with E-state index in [0.717, 1.165) is 10.9 Å². The van der Waals surface area contributed by atoms with E-state index in [4.69, 9.17) is 4.74 Å². The molecule has 0 bridgehead atoms. The summed E-state index contributed by atoms with van der Waals surface area (Å²) in [6.07, 6.45) is 0. The van der Waals surface area contributed by atoms with Crippen LogP contribution in [0.4, 0.5) is 0 Å². The Labute approximate surface area is 118 Å². The smallest absolute Gasteiger partial charge is 0.316 e. The summed E-state index contributed by atoms with van der Waals surface area (Å²) in [6, 6.07) is 7.60. The number of hydrogen-bond donors (Lipinski definition) is 0. The monoisotopic (exact) mass is 289 g/mol. The van der Waals surface area contributed by atoms with Gasteiger partial charge in [-0.2, -0.15) is 4.52 Å². The number of fused-ring (bicyclic) bond motifs is 3. The molecule has 1 aromatic carbocycles. The van der Waals surface area contributed by atoms with E-state index in [2.05, 4.69) is 20.5 Å². The summed E-state index contributed by atoms with van der Waals surface area (Å²) in [6.45, 7) is 2.14. The molecule has 0 saturated carbocycles. The van der Waals surface area contributed by atoms with E-state index in [1.807, 2.05) is 24.3 Å². The number of hydrogen-bond acceptors (Lipinski definition) is 7. The molecule has 3 aromatic rings. The van der Waals surface area contributed by atoms with Gasteiger partial charge in [-0.1, -0.05) is 23.9 Å². The summed E-state index contributed by atoms with van der Waals surface area (Å²) < 4.78 is 6.43. The number of thioether (sulfide) groups is 1. The molecule has 3 rings (SSSR count). The van der Waals surface area contributed by atoms with Crippen LogP contribution in [0.2, 0.25) is 0 Å². The average Bonchev–Trinajstić information content (AvgIpc) is 2.95. The van der Waals surface area contributed by atoms with Crippen molar-refractivity contribution in [2.75, 3.05) is 12.4 Å². The van der Waals surface area contributed by atoms with Crippen molar-refractivity contribution in [2.24, 2.45) is 0 Å². The van der Waals surface area contributed by atoms with Crippen LogP contribution in [-0.4, -0.2) is 43.4 Å². The first kappa shape index (κ1) is 12.8. The Hall–Kier alpha value is -2.22. The second-order valence-corrected chi connectivity index (χ2v) is 4.86. The first-order chi connectivity index (χ1) is 9.79. The highest BCUT2D eigenvalue weighted by Gasteiger charge is 2.13. The molecule has 20 heavy (non-hydrogen) atoms. The lowest BCUT2D eigenvalue weighted by Crippen LogP contribution is -2.08. The number of nitrogens with zero attached hydrogens (tertiary/aromatic N) is 5. The van der Waals surface area contributed by atoms with Gasteiger partial charge in [-0.3, -0.25) is 4.79 Å². The highest BCUT2D eigenvalue weighted by Crippen LogP contribution is 2.22.